The Kier molecular flexibility index (Phi) is 3.49. The fraction of sp³-hybridized carbons (Fsp3) is 0.222. The quantitative estimate of drug-likeness (QED) is 0.627. The fourth-order valence-electron chi connectivity index (χ4n) is 2.58. The van der Waals surface area contributed by atoms with Crippen LogP contribution in [0.25, 0.3) is 5.70 Å². The number of hydrogen-bond donors (Lipinski definition) is 0. The first-order valence-electron chi connectivity index (χ1n) is 7.13. The molecule has 1 aliphatic rings. The zero-order chi connectivity index (χ0) is 15.9. The molecule has 4 heteroatoms. The van der Waals surface area contributed by atoms with Crippen molar-refractivity contribution < 1.29 is 4.74 Å². The maximum Gasteiger partial charge on any atom is 0.255 e. The van der Waals surface area contributed by atoms with Gasteiger partial charge in [0.2, 0.25) is 0 Å². The van der Waals surface area contributed by atoms with Crippen LogP contribution in [0.5, 0.6) is 5.75 Å². The molecule has 112 valence electrons. The van der Waals surface area contributed by atoms with Crippen LogP contribution >= 0.6 is 12.2 Å². The molecule has 2 heterocycles. The molecule has 0 atom stereocenters. The SMILES string of the molecule is CC(=S)c1ccc2c(c1)C(n1ccccc1=O)=CC(C)(C)O2. The number of rotatable bonds is 2. The van der Waals surface area contributed by atoms with Gasteiger partial charge in [0.05, 0.1) is 5.70 Å². The predicted molar refractivity (Wildman–Crippen MR) is 92.6 cm³/mol. The predicted octanol–water partition coefficient (Wildman–Crippen LogP) is 3.65. The van der Waals surface area contributed by atoms with Gasteiger partial charge >= 0.3 is 0 Å². The minimum Gasteiger partial charge on any atom is -0.483 e. The number of thiocarbonyl (C=S) groups is 1. The van der Waals surface area contributed by atoms with Crippen LogP contribution in [0.2, 0.25) is 0 Å². The molecule has 3 rings (SSSR count). The van der Waals surface area contributed by atoms with Crippen LogP contribution in [0.15, 0.2) is 53.5 Å². The van der Waals surface area contributed by atoms with Gasteiger partial charge in [-0.05, 0) is 50.6 Å². The summed E-state index contributed by atoms with van der Waals surface area (Å²) in [6, 6.07) is 11.0. The van der Waals surface area contributed by atoms with Gasteiger partial charge in [-0.25, -0.2) is 0 Å². The van der Waals surface area contributed by atoms with Crippen molar-refractivity contribution in [2.24, 2.45) is 0 Å². The molecular weight excluding hydrogens is 294 g/mol. The topological polar surface area (TPSA) is 31.2 Å². The van der Waals surface area contributed by atoms with Gasteiger partial charge in [-0.2, -0.15) is 0 Å². The zero-order valence-electron chi connectivity index (χ0n) is 12.8. The van der Waals surface area contributed by atoms with E-state index in [0.717, 1.165) is 27.4 Å². The minimum atomic E-state index is -0.480. The molecular formula is C18H17NO2S. The van der Waals surface area contributed by atoms with Crippen molar-refractivity contribution in [1.29, 1.82) is 0 Å². The van der Waals surface area contributed by atoms with E-state index in [1.807, 2.05) is 51.1 Å². The summed E-state index contributed by atoms with van der Waals surface area (Å²) in [7, 11) is 0. The van der Waals surface area contributed by atoms with Crippen LogP contribution in [0, 0.1) is 0 Å². The molecule has 3 nitrogen and oxygen atoms in total. The van der Waals surface area contributed by atoms with Crippen LogP contribution in [0.1, 0.15) is 31.9 Å². The molecule has 1 aromatic heterocycles. The largest absolute Gasteiger partial charge is 0.483 e. The minimum absolute atomic E-state index is 0.0677. The summed E-state index contributed by atoms with van der Waals surface area (Å²) in [5.74, 6) is 0.762. The third-order valence-corrected chi connectivity index (χ3v) is 3.84. The van der Waals surface area contributed by atoms with E-state index in [1.165, 1.54) is 0 Å². The van der Waals surface area contributed by atoms with Crippen LogP contribution in [-0.4, -0.2) is 15.0 Å². The zero-order valence-corrected chi connectivity index (χ0v) is 13.6. The maximum atomic E-state index is 12.2. The normalized spacial score (nSPS) is 15.5. The third kappa shape index (κ3) is 2.62. The Balaban J connectivity index is 2.27. The summed E-state index contributed by atoms with van der Waals surface area (Å²) in [4.78, 5) is 13.0. The van der Waals surface area contributed by atoms with Crippen molar-refractivity contribution in [3.05, 3.63) is 70.2 Å². The first-order chi connectivity index (χ1) is 10.4. The lowest BCUT2D eigenvalue weighted by Crippen LogP contribution is -2.32. The van der Waals surface area contributed by atoms with Crippen molar-refractivity contribution >= 4 is 22.8 Å². The summed E-state index contributed by atoms with van der Waals surface area (Å²) >= 11 is 5.26. The van der Waals surface area contributed by atoms with Crippen molar-refractivity contribution in [3.63, 3.8) is 0 Å². The van der Waals surface area contributed by atoms with Crippen LogP contribution in [-0.2, 0) is 0 Å². The molecule has 0 bridgehead atoms. The second kappa shape index (κ2) is 5.21. The third-order valence-electron chi connectivity index (χ3n) is 3.60. The number of hydrogen-bond acceptors (Lipinski definition) is 3. The van der Waals surface area contributed by atoms with E-state index in [9.17, 15) is 4.79 Å². The average molecular weight is 311 g/mol. The Morgan fingerprint density at radius 2 is 2.00 bits per heavy atom. The Morgan fingerprint density at radius 3 is 2.68 bits per heavy atom. The molecule has 0 spiro atoms. The Morgan fingerprint density at radius 1 is 1.23 bits per heavy atom. The second-order valence-electron chi connectivity index (χ2n) is 5.91. The maximum absolute atomic E-state index is 12.2. The molecule has 0 unspecified atom stereocenters. The molecule has 0 fully saturated rings. The lowest BCUT2D eigenvalue weighted by Gasteiger charge is -2.31. The van der Waals surface area contributed by atoms with E-state index in [4.69, 9.17) is 17.0 Å². The van der Waals surface area contributed by atoms with Gasteiger partial charge in [0.15, 0.2) is 0 Å². The number of fused-ring (bicyclic) bond motifs is 1. The second-order valence-corrected chi connectivity index (χ2v) is 6.52. The molecule has 0 aliphatic carbocycles. The van der Waals surface area contributed by atoms with Gasteiger partial charge in [0, 0.05) is 22.7 Å². The van der Waals surface area contributed by atoms with E-state index in [0.29, 0.717) is 0 Å². The molecule has 2 aromatic rings. The monoisotopic (exact) mass is 311 g/mol. The highest BCUT2D eigenvalue weighted by Crippen LogP contribution is 2.36. The molecule has 0 radical (unpaired) electrons. The van der Waals surface area contributed by atoms with Crippen molar-refractivity contribution in [2.45, 2.75) is 26.4 Å². The van der Waals surface area contributed by atoms with Crippen LogP contribution < -0.4 is 10.3 Å². The highest BCUT2D eigenvalue weighted by molar-refractivity contribution is 7.80. The summed E-state index contributed by atoms with van der Waals surface area (Å²) in [5.41, 5.74) is 2.13. The number of aromatic nitrogens is 1. The van der Waals surface area contributed by atoms with E-state index in [1.54, 1.807) is 22.9 Å². The number of nitrogens with zero attached hydrogens (tertiary/aromatic N) is 1. The molecule has 0 amide bonds. The average Bonchev–Trinajstić information content (AvgIpc) is 2.45. The van der Waals surface area contributed by atoms with Gasteiger partial charge in [0.1, 0.15) is 11.4 Å². The summed E-state index contributed by atoms with van der Waals surface area (Å²) in [5, 5.41) is 0. The fourth-order valence-corrected chi connectivity index (χ4v) is 2.71. The highest BCUT2D eigenvalue weighted by atomic mass is 32.1. The molecule has 0 N–H and O–H groups in total. The van der Waals surface area contributed by atoms with Crippen molar-refractivity contribution in [3.8, 4) is 5.75 Å². The highest BCUT2D eigenvalue weighted by Gasteiger charge is 2.28. The van der Waals surface area contributed by atoms with Crippen molar-refractivity contribution in [1.82, 2.24) is 4.57 Å². The lowest BCUT2D eigenvalue weighted by molar-refractivity contribution is 0.157. The number of ether oxygens (including phenoxy) is 1. The lowest BCUT2D eigenvalue weighted by atomic mass is 9.97. The van der Waals surface area contributed by atoms with Crippen LogP contribution in [0.3, 0.4) is 0 Å². The van der Waals surface area contributed by atoms with Gasteiger partial charge in [-0.15, -0.1) is 0 Å². The summed E-state index contributed by atoms with van der Waals surface area (Å²) in [6.45, 7) is 5.84. The van der Waals surface area contributed by atoms with Crippen LogP contribution in [0.4, 0.5) is 0 Å². The molecule has 22 heavy (non-hydrogen) atoms. The summed E-state index contributed by atoms with van der Waals surface area (Å²) in [6.07, 6.45) is 3.75. The number of benzene rings is 1. The smallest absolute Gasteiger partial charge is 0.255 e. The summed E-state index contributed by atoms with van der Waals surface area (Å²) < 4.78 is 7.66. The van der Waals surface area contributed by atoms with E-state index >= 15 is 0 Å². The Hall–Kier alpha value is -2.20. The standard InChI is InChI=1S/C18H17NO2S/c1-12(22)13-7-8-16-14(10-13)15(11-18(2,3)21-16)19-9-5-4-6-17(19)20/h4-11H,1-3H3. The van der Waals surface area contributed by atoms with Gasteiger partial charge in [-0.1, -0.05) is 24.4 Å². The first kappa shape index (κ1) is 14.7. The molecule has 1 aliphatic heterocycles. The van der Waals surface area contributed by atoms with E-state index in [2.05, 4.69) is 0 Å². The van der Waals surface area contributed by atoms with Gasteiger partial charge in [0.25, 0.3) is 5.56 Å². The number of pyridine rings is 1. The molecule has 1 aromatic carbocycles. The Labute approximate surface area is 134 Å². The van der Waals surface area contributed by atoms with E-state index in [-0.39, 0.29) is 5.56 Å². The first-order valence-corrected chi connectivity index (χ1v) is 7.53. The molecule has 0 saturated heterocycles. The van der Waals surface area contributed by atoms with Gasteiger partial charge in [-0.3, -0.25) is 9.36 Å². The van der Waals surface area contributed by atoms with Gasteiger partial charge < -0.3 is 4.74 Å². The van der Waals surface area contributed by atoms with E-state index < -0.39 is 5.60 Å². The Bertz CT molecular complexity index is 846. The molecule has 0 saturated carbocycles. The van der Waals surface area contributed by atoms with Crippen molar-refractivity contribution in [2.75, 3.05) is 0 Å².